The Hall–Kier alpha value is -1.32. The Morgan fingerprint density at radius 3 is 1.11 bits per heavy atom. The van der Waals surface area contributed by atoms with Crippen molar-refractivity contribution in [3.05, 3.63) is 0 Å². The molecule has 0 heterocycles. The average molecular weight is 256 g/mol. The monoisotopic (exact) mass is 256 g/mol. The van der Waals surface area contributed by atoms with Crippen LogP contribution in [0.1, 0.15) is 66.2 Å². The number of Topliss-reactive ketones (excluding diaryl/α,β-unsaturated/α-hetero) is 4. The molecular formula is C14H24O4. The van der Waals surface area contributed by atoms with Gasteiger partial charge in [0.05, 0.1) is 12.8 Å². The van der Waals surface area contributed by atoms with E-state index in [1.54, 1.807) is 0 Å². The van der Waals surface area contributed by atoms with Crippen LogP contribution in [-0.2, 0) is 19.2 Å². The van der Waals surface area contributed by atoms with Crippen molar-refractivity contribution in [1.29, 1.82) is 0 Å². The molecule has 0 atom stereocenters. The van der Waals surface area contributed by atoms with Gasteiger partial charge in [-0.15, -0.1) is 0 Å². The summed E-state index contributed by atoms with van der Waals surface area (Å²) in [6, 6.07) is 0. The number of hydrogen-bond acceptors (Lipinski definition) is 4. The first-order valence-corrected chi connectivity index (χ1v) is 6.35. The zero-order valence-corrected chi connectivity index (χ0v) is 11.9. The minimum Gasteiger partial charge on any atom is -0.300 e. The molecule has 4 heteroatoms. The molecule has 0 N–H and O–H groups in total. The molecule has 0 unspecified atom stereocenters. The van der Waals surface area contributed by atoms with Crippen LogP contribution in [-0.4, -0.2) is 23.1 Å². The molecule has 0 spiro atoms. The smallest absolute Gasteiger partial charge is 0.140 e. The molecule has 0 saturated heterocycles. The molecule has 104 valence electrons. The van der Waals surface area contributed by atoms with Gasteiger partial charge < -0.3 is 0 Å². The Labute approximate surface area is 109 Å². The van der Waals surface area contributed by atoms with Gasteiger partial charge in [-0.2, -0.15) is 0 Å². The maximum atomic E-state index is 10.6. The minimum absolute atomic E-state index is 0.0338. The van der Waals surface area contributed by atoms with E-state index in [9.17, 15) is 19.2 Å². The second-order valence-electron chi connectivity index (χ2n) is 4.33. The van der Waals surface area contributed by atoms with Crippen molar-refractivity contribution in [3.8, 4) is 0 Å². The quantitative estimate of drug-likeness (QED) is 0.626. The third-order valence-electron chi connectivity index (χ3n) is 1.95. The van der Waals surface area contributed by atoms with Crippen molar-refractivity contribution in [2.24, 2.45) is 0 Å². The fourth-order valence-corrected chi connectivity index (χ4v) is 1.29. The van der Waals surface area contributed by atoms with Crippen LogP contribution >= 0.6 is 0 Å². The van der Waals surface area contributed by atoms with E-state index < -0.39 is 0 Å². The zero-order valence-electron chi connectivity index (χ0n) is 11.9. The van der Waals surface area contributed by atoms with Gasteiger partial charge in [0.2, 0.25) is 0 Å². The molecule has 0 aromatic heterocycles. The maximum absolute atomic E-state index is 10.6. The molecule has 0 aliphatic carbocycles. The standard InChI is InChI=1S/2C7H12O2/c2*1-3-4-7(9)5-6(2)8/h2*3-5H2,1-2H3. The number of carbonyl (C=O) groups is 4. The first kappa shape index (κ1) is 19.0. The van der Waals surface area contributed by atoms with Crippen LogP contribution < -0.4 is 0 Å². The van der Waals surface area contributed by atoms with Crippen LogP contribution in [0.15, 0.2) is 0 Å². The molecule has 4 nitrogen and oxygen atoms in total. The summed E-state index contributed by atoms with van der Waals surface area (Å²) in [4.78, 5) is 41.9. The normalized spacial score (nSPS) is 9.11. The van der Waals surface area contributed by atoms with Crippen LogP contribution in [0.4, 0.5) is 0 Å². The molecule has 0 radical (unpaired) electrons. The van der Waals surface area contributed by atoms with Gasteiger partial charge in [0.25, 0.3) is 0 Å². The number of rotatable bonds is 8. The summed E-state index contributed by atoms with van der Waals surface area (Å²) in [5.74, 6) is 0.0527. The number of carbonyl (C=O) groups excluding carboxylic acids is 4. The van der Waals surface area contributed by atoms with E-state index in [-0.39, 0.29) is 36.0 Å². The van der Waals surface area contributed by atoms with E-state index in [4.69, 9.17) is 0 Å². The summed E-state index contributed by atoms with van der Waals surface area (Å²) < 4.78 is 0. The van der Waals surface area contributed by atoms with Crippen LogP contribution in [0, 0.1) is 0 Å². The second-order valence-corrected chi connectivity index (χ2v) is 4.33. The van der Waals surface area contributed by atoms with Crippen molar-refractivity contribution >= 4 is 23.1 Å². The Balaban J connectivity index is 0. The summed E-state index contributed by atoms with van der Waals surface area (Å²) in [6.45, 7) is 6.73. The lowest BCUT2D eigenvalue weighted by Crippen LogP contribution is -2.02. The van der Waals surface area contributed by atoms with Crippen molar-refractivity contribution in [3.63, 3.8) is 0 Å². The average Bonchev–Trinajstić information content (AvgIpc) is 2.16. The van der Waals surface area contributed by atoms with E-state index in [1.165, 1.54) is 13.8 Å². The van der Waals surface area contributed by atoms with Crippen molar-refractivity contribution < 1.29 is 19.2 Å². The predicted octanol–water partition coefficient (Wildman–Crippen LogP) is 2.67. The van der Waals surface area contributed by atoms with E-state index >= 15 is 0 Å². The van der Waals surface area contributed by atoms with Gasteiger partial charge in [-0.05, 0) is 26.7 Å². The van der Waals surface area contributed by atoms with Crippen molar-refractivity contribution in [2.75, 3.05) is 0 Å². The molecule has 0 saturated carbocycles. The Bertz CT molecular complexity index is 262. The topological polar surface area (TPSA) is 68.3 Å². The summed E-state index contributed by atoms with van der Waals surface area (Å²) >= 11 is 0. The lowest BCUT2D eigenvalue weighted by molar-refractivity contribution is -0.127. The third kappa shape index (κ3) is 17.1. The van der Waals surface area contributed by atoms with E-state index in [2.05, 4.69) is 0 Å². The highest BCUT2D eigenvalue weighted by Gasteiger charge is 2.02. The molecule has 0 bridgehead atoms. The number of ketones is 4. The van der Waals surface area contributed by atoms with Crippen molar-refractivity contribution in [1.82, 2.24) is 0 Å². The van der Waals surface area contributed by atoms with Gasteiger partial charge in [0.15, 0.2) is 0 Å². The van der Waals surface area contributed by atoms with E-state index in [1.807, 2.05) is 13.8 Å². The van der Waals surface area contributed by atoms with Gasteiger partial charge in [0, 0.05) is 12.8 Å². The predicted molar refractivity (Wildman–Crippen MR) is 70.4 cm³/mol. The van der Waals surface area contributed by atoms with Gasteiger partial charge in [-0.25, -0.2) is 0 Å². The summed E-state index contributed by atoms with van der Waals surface area (Å²) in [6.07, 6.45) is 3.00. The highest BCUT2D eigenvalue weighted by Crippen LogP contribution is 1.94. The van der Waals surface area contributed by atoms with Crippen LogP contribution in [0.25, 0.3) is 0 Å². The third-order valence-corrected chi connectivity index (χ3v) is 1.95. The lowest BCUT2D eigenvalue weighted by atomic mass is 10.1. The summed E-state index contributed by atoms with van der Waals surface area (Å²) in [5.41, 5.74) is 0. The van der Waals surface area contributed by atoms with Crippen LogP contribution in [0.5, 0.6) is 0 Å². The van der Waals surface area contributed by atoms with Crippen LogP contribution in [0.2, 0.25) is 0 Å². The largest absolute Gasteiger partial charge is 0.300 e. The van der Waals surface area contributed by atoms with Gasteiger partial charge in [-0.3, -0.25) is 19.2 Å². The highest BCUT2D eigenvalue weighted by molar-refractivity contribution is 5.98. The van der Waals surface area contributed by atoms with Crippen LogP contribution in [0.3, 0.4) is 0 Å². The summed E-state index contributed by atoms with van der Waals surface area (Å²) in [5, 5.41) is 0. The molecule has 0 aliphatic rings. The minimum atomic E-state index is -0.0338. The fraction of sp³-hybridized carbons (Fsp3) is 0.714. The highest BCUT2D eigenvalue weighted by atomic mass is 16.2. The van der Waals surface area contributed by atoms with Gasteiger partial charge >= 0.3 is 0 Å². The molecule has 0 aromatic carbocycles. The Morgan fingerprint density at radius 1 is 0.667 bits per heavy atom. The number of hydrogen-bond donors (Lipinski definition) is 0. The molecule has 0 aliphatic heterocycles. The SMILES string of the molecule is CCCC(=O)CC(C)=O.CCCC(=O)CC(C)=O. The molecule has 0 aromatic rings. The summed E-state index contributed by atoms with van der Waals surface area (Å²) in [7, 11) is 0. The van der Waals surface area contributed by atoms with Gasteiger partial charge in [-0.1, -0.05) is 13.8 Å². The Kier molecular flexibility index (Phi) is 12.8. The first-order valence-electron chi connectivity index (χ1n) is 6.35. The Morgan fingerprint density at radius 2 is 0.944 bits per heavy atom. The molecular weight excluding hydrogens is 232 g/mol. The fourth-order valence-electron chi connectivity index (χ4n) is 1.29. The second kappa shape index (κ2) is 12.1. The van der Waals surface area contributed by atoms with Crippen molar-refractivity contribution in [2.45, 2.75) is 66.2 Å². The molecule has 0 amide bonds. The molecule has 0 fully saturated rings. The van der Waals surface area contributed by atoms with E-state index in [0.717, 1.165) is 12.8 Å². The van der Waals surface area contributed by atoms with Gasteiger partial charge in [0.1, 0.15) is 23.1 Å². The van der Waals surface area contributed by atoms with E-state index in [0.29, 0.717) is 12.8 Å². The lowest BCUT2D eigenvalue weighted by Gasteiger charge is -1.91. The zero-order chi connectivity index (χ0) is 14.6. The molecule has 18 heavy (non-hydrogen) atoms. The maximum Gasteiger partial charge on any atom is 0.140 e. The first-order chi connectivity index (χ1) is 8.33. The molecule has 0 rings (SSSR count).